The lowest BCUT2D eigenvalue weighted by atomic mass is 9.98. The van der Waals surface area contributed by atoms with Crippen molar-refractivity contribution in [3.05, 3.63) is 59.8 Å². The summed E-state index contributed by atoms with van der Waals surface area (Å²) in [7, 11) is 0. The molecule has 3 nitrogen and oxygen atoms in total. The molecular formula is C24H25F3N2O. The molecule has 0 spiro atoms. The van der Waals surface area contributed by atoms with Crippen molar-refractivity contribution < 1.29 is 17.9 Å². The zero-order valence-electron chi connectivity index (χ0n) is 17.0. The molecule has 2 unspecified atom stereocenters. The van der Waals surface area contributed by atoms with E-state index in [1.807, 2.05) is 22.9 Å². The predicted molar refractivity (Wildman–Crippen MR) is 112 cm³/mol. The van der Waals surface area contributed by atoms with E-state index in [9.17, 15) is 13.2 Å². The van der Waals surface area contributed by atoms with Crippen LogP contribution in [0.3, 0.4) is 0 Å². The van der Waals surface area contributed by atoms with Crippen molar-refractivity contribution in [3.8, 4) is 5.69 Å². The molecular weight excluding hydrogens is 389 g/mol. The van der Waals surface area contributed by atoms with Gasteiger partial charge in [-0.15, -0.1) is 0 Å². The summed E-state index contributed by atoms with van der Waals surface area (Å²) in [5.74, 6) is 0.354. The van der Waals surface area contributed by atoms with Crippen LogP contribution < -0.4 is 4.90 Å². The molecule has 158 valence electrons. The third kappa shape index (κ3) is 3.47. The summed E-state index contributed by atoms with van der Waals surface area (Å²) >= 11 is 0. The molecule has 2 aliphatic heterocycles. The summed E-state index contributed by atoms with van der Waals surface area (Å²) in [4.78, 5) is 2.35. The van der Waals surface area contributed by atoms with Crippen LogP contribution in [0.5, 0.6) is 0 Å². The van der Waals surface area contributed by atoms with Gasteiger partial charge in [0.1, 0.15) is 0 Å². The van der Waals surface area contributed by atoms with E-state index in [1.54, 1.807) is 6.07 Å². The van der Waals surface area contributed by atoms with E-state index in [4.69, 9.17) is 4.74 Å². The number of nitrogens with zero attached hydrogens (tertiary/aromatic N) is 2. The minimum Gasteiger partial charge on any atom is -0.381 e. The molecule has 3 aromatic rings. The van der Waals surface area contributed by atoms with Gasteiger partial charge in [-0.3, -0.25) is 0 Å². The third-order valence-corrected chi connectivity index (χ3v) is 6.51. The van der Waals surface area contributed by atoms with E-state index in [-0.39, 0.29) is 0 Å². The fourth-order valence-corrected chi connectivity index (χ4v) is 4.63. The van der Waals surface area contributed by atoms with Gasteiger partial charge in [-0.25, -0.2) is 0 Å². The van der Waals surface area contributed by atoms with E-state index in [2.05, 4.69) is 24.0 Å². The second-order valence-corrected chi connectivity index (χ2v) is 8.54. The smallest absolute Gasteiger partial charge is 0.381 e. The van der Waals surface area contributed by atoms with Gasteiger partial charge >= 0.3 is 6.18 Å². The van der Waals surface area contributed by atoms with Gasteiger partial charge in [0.25, 0.3) is 0 Å². The number of ether oxygens (including phenoxy) is 1. The van der Waals surface area contributed by atoms with Crippen LogP contribution in [0.4, 0.5) is 18.9 Å². The molecule has 0 bridgehead atoms. The van der Waals surface area contributed by atoms with Crippen LogP contribution >= 0.6 is 0 Å². The van der Waals surface area contributed by atoms with E-state index >= 15 is 0 Å². The van der Waals surface area contributed by atoms with Gasteiger partial charge < -0.3 is 14.2 Å². The first-order valence-electron chi connectivity index (χ1n) is 10.6. The molecule has 2 saturated heterocycles. The molecule has 2 aliphatic rings. The quantitative estimate of drug-likeness (QED) is 0.535. The standard InChI is InChI=1S/C24H25F3N2O/c1-16-7-9-28(16)20-3-2-4-21(13-20)29-14-18(11-17-8-10-30-15-17)22-12-19(24(25,26)27)5-6-23(22)29/h2-6,12-14,16-17H,7-11,15H2,1H3. The predicted octanol–water partition coefficient (Wildman–Crippen LogP) is 5.83. The number of hydrogen-bond acceptors (Lipinski definition) is 2. The second-order valence-electron chi connectivity index (χ2n) is 8.54. The minimum absolute atomic E-state index is 0.354. The average molecular weight is 414 g/mol. The molecule has 0 radical (unpaired) electrons. The van der Waals surface area contributed by atoms with Gasteiger partial charge in [-0.05, 0) is 74.1 Å². The topological polar surface area (TPSA) is 17.4 Å². The Morgan fingerprint density at radius 1 is 1.07 bits per heavy atom. The summed E-state index contributed by atoms with van der Waals surface area (Å²) in [6.45, 7) is 4.65. The van der Waals surface area contributed by atoms with Gasteiger partial charge in [0.05, 0.1) is 11.1 Å². The molecule has 5 rings (SSSR count). The van der Waals surface area contributed by atoms with Gasteiger partial charge in [0.2, 0.25) is 0 Å². The Morgan fingerprint density at radius 3 is 2.57 bits per heavy atom. The van der Waals surface area contributed by atoms with E-state index in [0.29, 0.717) is 24.0 Å². The third-order valence-electron chi connectivity index (χ3n) is 6.51. The highest BCUT2D eigenvalue weighted by Crippen LogP contribution is 2.36. The number of aromatic nitrogens is 1. The lowest BCUT2D eigenvalue weighted by molar-refractivity contribution is -0.137. The highest BCUT2D eigenvalue weighted by Gasteiger charge is 2.31. The van der Waals surface area contributed by atoms with Crippen LogP contribution in [-0.4, -0.2) is 30.4 Å². The highest BCUT2D eigenvalue weighted by atomic mass is 19.4. The number of fused-ring (bicyclic) bond motifs is 1. The number of benzene rings is 2. The van der Waals surface area contributed by atoms with Gasteiger partial charge in [-0.1, -0.05) is 6.07 Å². The van der Waals surface area contributed by atoms with Crippen molar-refractivity contribution >= 4 is 16.6 Å². The van der Waals surface area contributed by atoms with E-state index in [0.717, 1.165) is 48.4 Å². The Hall–Kier alpha value is -2.47. The largest absolute Gasteiger partial charge is 0.416 e. The first kappa shape index (κ1) is 19.5. The lowest BCUT2D eigenvalue weighted by Crippen LogP contribution is -2.45. The monoisotopic (exact) mass is 414 g/mol. The van der Waals surface area contributed by atoms with Crippen molar-refractivity contribution in [1.82, 2.24) is 4.57 Å². The molecule has 0 N–H and O–H groups in total. The molecule has 1 aromatic heterocycles. The molecule has 6 heteroatoms. The Morgan fingerprint density at radius 2 is 1.90 bits per heavy atom. The summed E-state index contributed by atoms with van der Waals surface area (Å²) in [5, 5.41) is 0.680. The molecule has 2 fully saturated rings. The average Bonchev–Trinajstić information content (AvgIpc) is 3.34. The molecule has 3 heterocycles. The van der Waals surface area contributed by atoms with Crippen LogP contribution in [0.2, 0.25) is 0 Å². The van der Waals surface area contributed by atoms with Crippen molar-refractivity contribution in [2.24, 2.45) is 5.92 Å². The van der Waals surface area contributed by atoms with Crippen LogP contribution in [0, 0.1) is 5.92 Å². The van der Waals surface area contributed by atoms with Crippen LogP contribution in [0.25, 0.3) is 16.6 Å². The normalized spacial score (nSPS) is 21.9. The molecule has 30 heavy (non-hydrogen) atoms. The maximum Gasteiger partial charge on any atom is 0.416 e. The fourth-order valence-electron chi connectivity index (χ4n) is 4.63. The SMILES string of the molecule is CC1CCN1c1cccc(-n2cc(CC3CCOC3)c3cc(C(F)(F)F)ccc32)c1. The maximum atomic E-state index is 13.4. The number of halogens is 3. The molecule has 2 atom stereocenters. The van der Waals surface area contributed by atoms with Crippen molar-refractivity contribution in [2.45, 2.75) is 38.4 Å². The van der Waals surface area contributed by atoms with Gasteiger partial charge in [-0.2, -0.15) is 13.2 Å². The minimum atomic E-state index is -4.35. The van der Waals surface area contributed by atoms with Crippen LogP contribution in [-0.2, 0) is 17.3 Å². The maximum absolute atomic E-state index is 13.4. The number of anilines is 1. The first-order chi connectivity index (χ1) is 14.4. The summed E-state index contributed by atoms with van der Waals surface area (Å²) in [5.41, 5.74) is 3.30. The van der Waals surface area contributed by atoms with Crippen molar-refractivity contribution in [2.75, 3.05) is 24.7 Å². The lowest BCUT2D eigenvalue weighted by Gasteiger charge is -2.41. The van der Waals surface area contributed by atoms with Crippen molar-refractivity contribution in [1.29, 1.82) is 0 Å². The molecule has 0 saturated carbocycles. The van der Waals surface area contributed by atoms with Crippen LogP contribution in [0.1, 0.15) is 30.9 Å². The van der Waals surface area contributed by atoms with E-state index < -0.39 is 11.7 Å². The van der Waals surface area contributed by atoms with Crippen molar-refractivity contribution in [3.63, 3.8) is 0 Å². The highest BCUT2D eigenvalue weighted by molar-refractivity contribution is 5.86. The van der Waals surface area contributed by atoms with Gasteiger partial charge in [0, 0.05) is 48.8 Å². The molecule has 0 amide bonds. The zero-order valence-corrected chi connectivity index (χ0v) is 17.0. The Labute approximate surface area is 174 Å². The number of rotatable bonds is 4. The summed E-state index contributed by atoms with van der Waals surface area (Å²) in [6, 6.07) is 12.9. The number of alkyl halides is 3. The van der Waals surface area contributed by atoms with Gasteiger partial charge in [0.15, 0.2) is 0 Å². The fraction of sp³-hybridized carbons (Fsp3) is 0.417. The zero-order chi connectivity index (χ0) is 20.9. The second kappa shape index (κ2) is 7.34. The molecule has 0 aliphatic carbocycles. The van der Waals surface area contributed by atoms with Crippen LogP contribution in [0.15, 0.2) is 48.7 Å². The molecule has 2 aromatic carbocycles. The summed E-state index contributed by atoms with van der Waals surface area (Å²) in [6.07, 6.45) is 0.533. The number of hydrogen-bond donors (Lipinski definition) is 0. The Kier molecular flexibility index (Phi) is 4.77. The summed E-state index contributed by atoms with van der Waals surface area (Å²) < 4.78 is 47.6. The Balaban J connectivity index is 1.60. The first-order valence-corrected chi connectivity index (χ1v) is 10.6. The van der Waals surface area contributed by atoms with E-state index in [1.165, 1.54) is 18.6 Å². The Bertz CT molecular complexity index is 1070.